The fraction of sp³-hybridized carbons (Fsp3) is 0.250. The highest BCUT2D eigenvalue weighted by molar-refractivity contribution is 14.1. The first-order chi connectivity index (χ1) is 7.54. The lowest BCUT2D eigenvalue weighted by Gasteiger charge is -2.11. The Balaban J connectivity index is 3.18. The molecule has 0 N–H and O–H groups in total. The van der Waals surface area contributed by atoms with Gasteiger partial charge in [-0.3, -0.25) is 0 Å². The maximum absolute atomic E-state index is 13.0. The molecule has 0 unspecified atom stereocenters. The lowest BCUT2D eigenvalue weighted by Crippen LogP contribution is -2.28. The van der Waals surface area contributed by atoms with Gasteiger partial charge in [0.25, 0.3) is 0 Å². The van der Waals surface area contributed by atoms with E-state index in [4.69, 9.17) is 0 Å². The van der Waals surface area contributed by atoms with Crippen LogP contribution in [0.1, 0.15) is 5.56 Å². The van der Waals surface area contributed by atoms with Crippen molar-refractivity contribution in [2.75, 3.05) is 0 Å². The third-order valence-corrected chi connectivity index (χ3v) is 3.49. The molecule has 9 heteroatoms. The van der Waals surface area contributed by atoms with Gasteiger partial charge in [0.2, 0.25) is 0 Å². The first kappa shape index (κ1) is 14.5. The Bertz CT molecular complexity index is 538. The summed E-state index contributed by atoms with van der Waals surface area (Å²) in [5.41, 5.74) is -5.56. The standard InChI is InChI=1S/C8H5F4IO3S/c1-4-2-5(9)6(13)3-7(4)16-17(14,15)8(10,11)12/h2-3H,1H3. The summed E-state index contributed by atoms with van der Waals surface area (Å²) in [6.45, 7) is 1.24. The van der Waals surface area contributed by atoms with Crippen molar-refractivity contribution in [2.45, 2.75) is 12.4 Å². The molecule has 0 saturated heterocycles. The van der Waals surface area contributed by atoms with E-state index in [1.807, 2.05) is 0 Å². The van der Waals surface area contributed by atoms with E-state index in [-0.39, 0.29) is 9.13 Å². The minimum Gasteiger partial charge on any atom is -0.376 e. The zero-order valence-electron chi connectivity index (χ0n) is 8.18. The molecule has 1 aromatic carbocycles. The smallest absolute Gasteiger partial charge is 0.376 e. The van der Waals surface area contributed by atoms with Crippen LogP contribution in [0.5, 0.6) is 5.75 Å². The van der Waals surface area contributed by atoms with Crippen LogP contribution in [-0.2, 0) is 10.1 Å². The molecular formula is C8H5F4IO3S. The first-order valence-corrected chi connectivity index (χ1v) is 6.49. The van der Waals surface area contributed by atoms with Crippen molar-refractivity contribution < 1.29 is 30.2 Å². The van der Waals surface area contributed by atoms with Gasteiger partial charge >= 0.3 is 15.6 Å². The summed E-state index contributed by atoms with van der Waals surface area (Å²) in [6, 6.07) is 1.78. The largest absolute Gasteiger partial charge is 0.534 e. The van der Waals surface area contributed by atoms with E-state index in [2.05, 4.69) is 4.18 Å². The van der Waals surface area contributed by atoms with Crippen LogP contribution in [0.25, 0.3) is 0 Å². The van der Waals surface area contributed by atoms with Gasteiger partial charge in [-0.2, -0.15) is 21.6 Å². The van der Waals surface area contributed by atoms with E-state index < -0.39 is 27.2 Å². The van der Waals surface area contributed by atoms with Crippen molar-refractivity contribution in [3.8, 4) is 5.75 Å². The average Bonchev–Trinajstić information content (AvgIpc) is 2.12. The normalized spacial score (nSPS) is 12.6. The maximum Gasteiger partial charge on any atom is 0.534 e. The number of benzene rings is 1. The van der Waals surface area contributed by atoms with Crippen LogP contribution in [0.3, 0.4) is 0 Å². The average molecular weight is 384 g/mol. The molecule has 17 heavy (non-hydrogen) atoms. The van der Waals surface area contributed by atoms with Crippen LogP contribution in [0.15, 0.2) is 12.1 Å². The third kappa shape index (κ3) is 3.21. The van der Waals surface area contributed by atoms with Crippen LogP contribution in [0.4, 0.5) is 17.6 Å². The number of hydrogen-bond donors (Lipinski definition) is 0. The van der Waals surface area contributed by atoms with E-state index >= 15 is 0 Å². The predicted octanol–water partition coefficient (Wildman–Crippen LogP) is 2.97. The van der Waals surface area contributed by atoms with Gasteiger partial charge in [-0.05, 0) is 47.2 Å². The summed E-state index contributed by atoms with van der Waals surface area (Å²) in [7, 11) is -5.73. The van der Waals surface area contributed by atoms with Gasteiger partial charge < -0.3 is 4.18 Å². The summed E-state index contributed by atoms with van der Waals surface area (Å²) in [5, 5.41) is 0. The predicted molar refractivity (Wildman–Crippen MR) is 59.5 cm³/mol. The zero-order valence-corrected chi connectivity index (χ0v) is 11.2. The Morgan fingerprint density at radius 1 is 1.29 bits per heavy atom. The molecule has 1 aromatic rings. The quantitative estimate of drug-likeness (QED) is 0.341. The van der Waals surface area contributed by atoms with Crippen LogP contribution in [-0.4, -0.2) is 13.9 Å². The molecule has 0 bridgehead atoms. The Kier molecular flexibility index (Phi) is 3.91. The fourth-order valence-electron chi connectivity index (χ4n) is 0.883. The monoisotopic (exact) mass is 384 g/mol. The van der Waals surface area contributed by atoms with Crippen molar-refractivity contribution in [3.63, 3.8) is 0 Å². The Morgan fingerprint density at radius 3 is 2.29 bits per heavy atom. The molecule has 0 aliphatic rings. The van der Waals surface area contributed by atoms with Gasteiger partial charge in [-0.25, -0.2) is 4.39 Å². The van der Waals surface area contributed by atoms with Crippen LogP contribution < -0.4 is 4.18 Å². The molecule has 96 valence electrons. The molecule has 0 fully saturated rings. The molecule has 0 radical (unpaired) electrons. The molecule has 0 aliphatic heterocycles. The first-order valence-electron chi connectivity index (χ1n) is 4.01. The minimum atomic E-state index is -5.73. The molecule has 0 amide bonds. The highest BCUT2D eigenvalue weighted by atomic mass is 127. The Morgan fingerprint density at radius 2 is 1.82 bits per heavy atom. The third-order valence-electron chi connectivity index (χ3n) is 1.70. The molecule has 0 aliphatic carbocycles. The summed E-state index contributed by atoms with van der Waals surface area (Å²) in [4.78, 5) is 0. The summed E-state index contributed by atoms with van der Waals surface area (Å²) in [6.07, 6.45) is 0. The molecule has 0 atom stereocenters. The Hall–Kier alpha value is -0.580. The number of rotatable bonds is 2. The zero-order chi connectivity index (χ0) is 13.4. The second kappa shape index (κ2) is 4.59. The summed E-state index contributed by atoms with van der Waals surface area (Å²) in [5.74, 6) is -1.21. The number of hydrogen-bond acceptors (Lipinski definition) is 3. The van der Waals surface area contributed by atoms with Crippen molar-refractivity contribution in [3.05, 3.63) is 27.1 Å². The van der Waals surface area contributed by atoms with Gasteiger partial charge in [0.05, 0.1) is 3.57 Å². The second-order valence-electron chi connectivity index (χ2n) is 3.02. The SMILES string of the molecule is Cc1cc(F)c(I)cc1OS(=O)(=O)C(F)(F)F. The molecule has 0 aromatic heterocycles. The Labute approximate surface area is 108 Å². The van der Waals surface area contributed by atoms with E-state index in [1.165, 1.54) is 29.5 Å². The van der Waals surface area contributed by atoms with Crippen LogP contribution in [0, 0.1) is 16.3 Å². The van der Waals surface area contributed by atoms with Gasteiger partial charge in [-0.1, -0.05) is 0 Å². The second-order valence-corrected chi connectivity index (χ2v) is 5.72. The van der Waals surface area contributed by atoms with Crippen LogP contribution in [0.2, 0.25) is 0 Å². The van der Waals surface area contributed by atoms with Crippen molar-refractivity contribution in [2.24, 2.45) is 0 Å². The molecular weight excluding hydrogens is 379 g/mol. The number of alkyl halides is 3. The van der Waals surface area contributed by atoms with E-state index in [0.717, 1.165) is 12.1 Å². The fourth-order valence-corrected chi connectivity index (χ4v) is 1.83. The lowest BCUT2D eigenvalue weighted by molar-refractivity contribution is -0.0500. The minimum absolute atomic E-state index is 0.0411. The van der Waals surface area contributed by atoms with E-state index in [9.17, 15) is 26.0 Å². The molecule has 1 rings (SSSR count). The van der Waals surface area contributed by atoms with Gasteiger partial charge in [0, 0.05) is 0 Å². The van der Waals surface area contributed by atoms with Gasteiger partial charge in [0.15, 0.2) is 0 Å². The van der Waals surface area contributed by atoms with Crippen molar-refractivity contribution in [1.29, 1.82) is 0 Å². The van der Waals surface area contributed by atoms with E-state index in [0.29, 0.717) is 0 Å². The molecule has 0 spiro atoms. The number of halogens is 5. The van der Waals surface area contributed by atoms with Crippen molar-refractivity contribution in [1.82, 2.24) is 0 Å². The summed E-state index contributed by atoms with van der Waals surface area (Å²) < 4.78 is 74.4. The van der Waals surface area contributed by atoms with Gasteiger partial charge in [0.1, 0.15) is 11.6 Å². The highest BCUT2D eigenvalue weighted by Crippen LogP contribution is 2.30. The molecule has 0 heterocycles. The van der Waals surface area contributed by atoms with E-state index in [1.54, 1.807) is 0 Å². The van der Waals surface area contributed by atoms with Crippen LogP contribution >= 0.6 is 22.6 Å². The lowest BCUT2D eigenvalue weighted by atomic mass is 10.2. The highest BCUT2D eigenvalue weighted by Gasteiger charge is 2.48. The summed E-state index contributed by atoms with van der Waals surface area (Å²) >= 11 is 1.51. The maximum atomic E-state index is 13.0. The topological polar surface area (TPSA) is 43.4 Å². The molecule has 3 nitrogen and oxygen atoms in total. The van der Waals surface area contributed by atoms with Gasteiger partial charge in [-0.15, -0.1) is 0 Å². The molecule has 0 saturated carbocycles. The van der Waals surface area contributed by atoms with Crippen molar-refractivity contribution >= 4 is 32.7 Å². The number of aryl methyl sites for hydroxylation is 1.